The third kappa shape index (κ3) is 9.78. The lowest BCUT2D eigenvalue weighted by Gasteiger charge is -2.29. The van der Waals surface area contributed by atoms with E-state index >= 15 is 0 Å². The maximum atomic E-state index is 5.53. The molecular formula is C32H47NO3. The molecule has 198 valence electrons. The van der Waals surface area contributed by atoms with Crippen molar-refractivity contribution < 1.29 is 14.2 Å². The Morgan fingerprint density at radius 2 is 1.58 bits per heavy atom. The summed E-state index contributed by atoms with van der Waals surface area (Å²) in [5, 5.41) is 0. The molecule has 4 nitrogen and oxygen atoms in total. The number of ether oxygens (including phenoxy) is 3. The molecule has 0 spiro atoms. The van der Waals surface area contributed by atoms with Crippen LogP contribution in [0.4, 0.5) is 0 Å². The van der Waals surface area contributed by atoms with E-state index in [1.54, 1.807) is 21.3 Å². The van der Waals surface area contributed by atoms with E-state index in [0.29, 0.717) is 6.04 Å². The van der Waals surface area contributed by atoms with Gasteiger partial charge in [0, 0.05) is 24.6 Å². The molecule has 1 unspecified atom stereocenters. The summed E-state index contributed by atoms with van der Waals surface area (Å²) in [7, 11) is 7.38. The quantitative estimate of drug-likeness (QED) is 0.181. The summed E-state index contributed by atoms with van der Waals surface area (Å²) in [6.07, 6.45) is 11.4. The lowest BCUT2D eigenvalue weighted by Crippen LogP contribution is -2.34. The second-order valence-corrected chi connectivity index (χ2v) is 9.54. The Morgan fingerprint density at radius 1 is 0.806 bits per heavy atom. The van der Waals surface area contributed by atoms with Gasteiger partial charge >= 0.3 is 0 Å². The molecule has 0 heterocycles. The molecule has 0 aliphatic carbocycles. The van der Waals surface area contributed by atoms with E-state index in [-0.39, 0.29) is 0 Å². The number of benzene rings is 2. The van der Waals surface area contributed by atoms with E-state index in [2.05, 4.69) is 61.9 Å². The van der Waals surface area contributed by atoms with Crippen LogP contribution in [0.1, 0.15) is 81.9 Å². The number of hydrogen-bond acceptors (Lipinski definition) is 4. The Morgan fingerprint density at radius 3 is 2.28 bits per heavy atom. The Bertz CT molecular complexity index is 960. The Balaban J connectivity index is 2.10. The van der Waals surface area contributed by atoms with E-state index in [1.807, 2.05) is 12.1 Å². The van der Waals surface area contributed by atoms with Crippen molar-refractivity contribution in [1.82, 2.24) is 4.90 Å². The molecule has 0 saturated heterocycles. The van der Waals surface area contributed by atoms with Gasteiger partial charge in [-0.3, -0.25) is 0 Å². The van der Waals surface area contributed by atoms with Crippen molar-refractivity contribution in [2.45, 2.75) is 84.1 Å². The Labute approximate surface area is 220 Å². The number of hydrogen-bond donors (Lipinski definition) is 0. The molecule has 0 amide bonds. The minimum atomic E-state index is 0.531. The van der Waals surface area contributed by atoms with Crippen molar-refractivity contribution in [2.24, 2.45) is 0 Å². The highest BCUT2D eigenvalue weighted by Crippen LogP contribution is 2.28. The van der Waals surface area contributed by atoms with Crippen LogP contribution in [-0.4, -0.2) is 45.9 Å². The van der Waals surface area contributed by atoms with Crippen LogP contribution in [-0.2, 0) is 12.8 Å². The molecule has 36 heavy (non-hydrogen) atoms. The standard InChI is InChI=1S/C32H47NO3/c1-7-9-11-13-14-27-18-20-30(34-4)25-28(27)17-19-29(15-12-10-8-2)33(3)23-22-26-16-21-31(35-5)32(24-26)36-6/h16,18,20-21,24-25,29H,7-12,15,17,19,22-23H2,1-6H3. The normalized spacial score (nSPS) is 11.6. The fourth-order valence-electron chi connectivity index (χ4n) is 4.51. The average molecular weight is 494 g/mol. The number of likely N-dealkylation sites (N-methyl/N-ethyl adjacent to an activating group) is 1. The maximum absolute atomic E-state index is 5.53. The first kappa shape index (κ1) is 29.6. The molecule has 0 radical (unpaired) electrons. The van der Waals surface area contributed by atoms with Gasteiger partial charge in [0.05, 0.1) is 21.3 Å². The monoisotopic (exact) mass is 493 g/mol. The fourth-order valence-corrected chi connectivity index (χ4v) is 4.51. The molecule has 0 fully saturated rings. The number of nitrogens with zero attached hydrogens (tertiary/aromatic N) is 1. The summed E-state index contributed by atoms with van der Waals surface area (Å²) < 4.78 is 16.4. The average Bonchev–Trinajstić information content (AvgIpc) is 2.91. The molecule has 2 aromatic carbocycles. The minimum absolute atomic E-state index is 0.531. The third-order valence-electron chi connectivity index (χ3n) is 6.90. The number of rotatable bonds is 16. The molecule has 2 rings (SSSR count). The van der Waals surface area contributed by atoms with Crippen LogP contribution < -0.4 is 14.2 Å². The van der Waals surface area contributed by atoms with E-state index in [4.69, 9.17) is 14.2 Å². The Hall–Kier alpha value is -2.64. The maximum Gasteiger partial charge on any atom is 0.160 e. The third-order valence-corrected chi connectivity index (χ3v) is 6.90. The molecule has 0 aromatic heterocycles. The molecule has 0 N–H and O–H groups in total. The zero-order valence-electron chi connectivity index (χ0n) is 23.5. The highest BCUT2D eigenvalue weighted by atomic mass is 16.5. The fraction of sp³-hybridized carbons (Fsp3) is 0.562. The van der Waals surface area contributed by atoms with Gasteiger partial charge in [0.1, 0.15) is 5.75 Å². The lowest BCUT2D eigenvalue weighted by atomic mass is 9.96. The van der Waals surface area contributed by atoms with Crippen molar-refractivity contribution in [3.8, 4) is 29.1 Å². The predicted molar refractivity (Wildman–Crippen MR) is 152 cm³/mol. The summed E-state index contributed by atoms with van der Waals surface area (Å²) >= 11 is 0. The zero-order valence-corrected chi connectivity index (χ0v) is 23.5. The van der Waals surface area contributed by atoms with Crippen LogP contribution in [0.2, 0.25) is 0 Å². The van der Waals surface area contributed by atoms with Crippen LogP contribution in [0.25, 0.3) is 0 Å². The summed E-state index contributed by atoms with van der Waals surface area (Å²) in [4.78, 5) is 2.54. The summed E-state index contributed by atoms with van der Waals surface area (Å²) in [6, 6.07) is 13.1. The summed E-state index contributed by atoms with van der Waals surface area (Å²) in [5.74, 6) is 9.28. The van der Waals surface area contributed by atoms with Crippen molar-refractivity contribution in [2.75, 3.05) is 34.9 Å². The molecule has 2 aromatic rings. The highest BCUT2D eigenvalue weighted by Gasteiger charge is 2.16. The van der Waals surface area contributed by atoms with E-state index in [0.717, 1.165) is 61.5 Å². The second kappa shape index (κ2) is 16.9. The topological polar surface area (TPSA) is 30.9 Å². The van der Waals surface area contributed by atoms with Crippen molar-refractivity contribution >= 4 is 0 Å². The van der Waals surface area contributed by atoms with Crippen molar-refractivity contribution in [3.05, 3.63) is 53.1 Å². The van der Waals surface area contributed by atoms with Gasteiger partial charge in [-0.25, -0.2) is 0 Å². The first-order valence-electron chi connectivity index (χ1n) is 13.6. The number of methoxy groups -OCH3 is 3. The predicted octanol–water partition coefficient (Wildman–Crippen LogP) is 7.31. The first-order chi connectivity index (χ1) is 17.6. The first-order valence-corrected chi connectivity index (χ1v) is 13.6. The van der Waals surface area contributed by atoms with Crippen molar-refractivity contribution in [3.63, 3.8) is 0 Å². The van der Waals surface area contributed by atoms with E-state index in [1.165, 1.54) is 43.2 Å². The summed E-state index contributed by atoms with van der Waals surface area (Å²) in [6.45, 7) is 5.49. The smallest absolute Gasteiger partial charge is 0.160 e. The van der Waals surface area contributed by atoms with Crippen LogP contribution >= 0.6 is 0 Å². The molecule has 4 heteroatoms. The Kier molecular flexibility index (Phi) is 13.9. The number of aryl methyl sites for hydroxylation is 1. The van der Waals surface area contributed by atoms with Gasteiger partial charge in [0.2, 0.25) is 0 Å². The van der Waals surface area contributed by atoms with Gasteiger partial charge in [0.25, 0.3) is 0 Å². The molecule has 0 aliphatic rings. The van der Waals surface area contributed by atoms with Gasteiger partial charge < -0.3 is 19.1 Å². The minimum Gasteiger partial charge on any atom is -0.497 e. The zero-order chi connectivity index (χ0) is 26.2. The van der Waals surface area contributed by atoms with Gasteiger partial charge in [-0.05, 0) is 80.6 Å². The highest BCUT2D eigenvalue weighted by molar-refractivity contribution is 5.46. The second-order valence-electron chi connectivity index (χ2n) is 9.54. The van der Waals surface area contributed by atoms with Gasteiger partial charge in [0.15, 0.2) is 11.5 Å². The van der Waals surface area contributed by atoms with Gasteiger partial charge in [-0.2, -0.15) is 0 Å². The van der Waals surface area contributed by atoms with Gasteiger partial charge in [-0.15, -0.1) is 0 Å². The SMILES string of the molecule is CCCCC#Cc1ccc(OC)cc1CCC(CCCCC)N(C)CCc1ccc(OC)c(OC)c1. The van der Waals surface area contributed by atoms with Crippen LogP contribution in [0.15, 0.2) is 36.4 Å². The molecular weight excluding hydrogens is 446 g/mol. The molecule has 0 saturated carbocycles. The molecule has 1 atom stereocenters. The van der Waals surface area contributed by atoms with Gasteiger partial charge in [-0.1, -0.05) is 57.4 Å². The van der Waals surface area contributed by atoms with E-state index in [9.17, 15) is 0 Å². The van der Waals surface area contributed by atoms with Crippen LogP contribution in [0.3, 0.4) is 0 Å². The largest absolute Gasteiger partial charge is 0.497 e. The van der Waals surface area contributed by atoms with Crippen LogP contribution in [0.5, 0.6) is 17.2 Å². The molecule has 0 aliphatic heterocycles. The van der Waals surface area contributed by atoms with Crippen molar-refractivity contribution in [1.29, 1.82) is 0 Å². The number of unbranched alkanes of at least 4 members (excludes halogenated alkanes) is 4. The lowest BCUT2D eigenvalue weighted by molar-refractivity contribution is 0.216. The van der Waals surface area contributed by atoms with E-state index < -0.39 is 0 Å². The summed E-state index contributed by atoms with van der Waals surface area (Å²) in [5.41, 5.74) is 3.71. The van der Waals surface area contributed by atoms with Crippen LogP contribution in [0, 0.1) is 11.8 Å². The molecule has 0 bridgehead atoms.